The Morgan fingerprint density at radius 1 is 1.22 bits per heavy atom. The summed E-state index contributed by atoms with van der Waals surface area (Å²) in [5.74, 6) is 2.52. The second-order valence-electron chi connectivity index (χ2n) is 10.1. The summed E-state index contributed by atoms with van der Waals surface area (Å²) >= 11 is 0. The summed E-state index contributed by atoms with van der Waals surface area (Å²) in [4.78, 5) is 18.9. The van der Waals surface area contributed by atoms with Crippen LogP contribution >= 0.6 is 0 Å². The van der Waals surface area contributed by atoms with Gasteiger partial charge in [-0.1, -0.05) is 19.0 Å². The topological polar surface area (TPSA) is 91.7 Å². The Kier molecular flexibility index (Phi) is 6.40. The quantitative estimate of drug-likeness (QED) is 0.672. The minimum Gasteiger partial charge on any atom is -0.423 e. The third kappa shape index (κ3) is 4.59. The molecule has 176 valence electrons. The van der Waals surface area contributed by atoms with Crippen LogP contribution in [0.2, 0.25) is 0 Å². The third-order valence-electron chi connectivity index (χ3n) is 7.16. The number of carbonyl (C=O) groups is 1. The van der Waals surface area contributed by atoms with Crippen LogP contribution in [-0.4, -0.2) is 76.2 Å². The minimum absolute atomic E-state index is 0.00647. The lowest BCUT2D eigenvalue weighted by Gasteiger charge is -2.39. The molecular formula is C23H36N6O3. The number of amides is 1. The Hall–Kier alpha value is -2.26. The Morgan fingerprint density at radius 3 is 2.50 bits per heavy atom. The molecule has 2 aromatic heterocycles. The molecule has 0 radical (unpaired) electrons. The molecule has 0 saturated carbocycles. The molecule has 1 atom stereocenters. The molecule has 2 fully saturated rings. The highest BCUT2D eigenvalue weighted by molar-refractivity contribution is 5.77. The zero-order valence-electron chi connectivity index (χ0n) is 20.2. The summed E-state index contributed by atoms with van der Waals surface area (Å²) < 4.78 is 11.4. The number of likely N-dealkylation sites (N-methyl/N-ethyl adjacent to an activating group) is 1. The van der Waals surface area contributed by atoms with Gasteiger partial charge in [-0.2, -0.15) is 0 Å². The van der Waals surface area contributed by atoms with Crippen LogP contribution in [0.25, 0.3) is 0 Å². The van der Waals surface area contributed by atoms with Crippen LogP contribution in [0.3, 0.4) is 0 Å². The van der Waals surface area contributed by atoms with E-state index < -0.39 is 0 Å². The Balaban J connectivity index is 1.47. The van der Waals surface area contributed by atoms with Gasteiger partial charge >= 0.3 is 0 Å². The Bertz CT molecular complexity index is 922. The highest BCUT2D eigenvalue weighted by atomic mass is 16.5. The molecule has 9 heteroatoms. The summed E-state index contributed by atoms with van der Waals surface area (Å²) in [6.07, 6.45) is 3.13. The van der Waals surface area contributed by atoms with Crippen molar-refractivity contribution in [3.63, 3.8) is 0 Å². The fourth-order valence-electron chi connectivity index (χ4n) is 4.98. The van der Waals surface area contributed by atoms with Crippen LogP contribution in [0.1, 0.15) is 73.9 Å². The normalized spacial score (nSPS) is 21.7. The summed E-state index contributed by atoms with van der Waals surface area (Å²) in [7, 11) is 3.61. The summed E-state index contributed by atoms with van der Waals surface area (Å²) in [6, 6.07) is -0.00647. The molecular weight excluding hydrogens is 408 g/mol. The van der Waals surface area contributed by atoms with Gasteiger partial charge in [0.15, 0.2) is 0 Å². The predicted molar refractivity (Wildman–Crippen MR) is 119 cm³/mol. The first-order valence-corrected chi connectivity index (χ1v) is 11.6. The van der Waals surface area contributed by atoms with Gasteiger partial charge in [-0.05, 0) is 51.6 Å². The van der Waals surface area contributed by atoms with Crippen LogP contribution in [0, 0.1) is 19.3 Å². The van der Waals surface area contributed by atoms with Crippen LogP contribution in [0.15, 0.2) is 8.94 Å². The first kappa shape index (κ1) is 22.9. The van der Waals surface area contributed by atoms with Gasteiger partial charge in [0.05, 0.1) is 18.3 Å². The van der Waals surface area contributed by atoms with Crippen molar-refractivity contribution >= 4 is 5.91 Å². The molecule has 0 bridgehead atoms. The van der Waals surface area contributed by atoms with Crippen LogP contribution < -0.4 is 0 Å². The maximum absolute atomic E-state index is 12.5. The molecule has 1 amide bonds. The second kappa shape index (κ2) is 8.94. The summed E-state index contributed by atoms with van der Waals surface area (Å²) in [5, 5.41) is 12.7. The van der Waals surface area contributed by atoms with Crippen molar-refractivity contribution in [3.05, 3.63) is 28.8 Å². The first-order chi connectivity index (χ1) is 15.2. The molecule has 4 heterocycles. The number of aryl methyl sites for hydroxylation is 2. The molecule has 1 spiro atoms. The highest BCUT2D eigenvalue weighted by Gasteiger charge is 2.48. The largest absolute Gasteiger partial charge is 0.423 e. The molecule has 4 rings (SSSR count). The SMILES string of the molecule is Cc1noc(C)c1CN1CCC2(CC1)CC(c1nnc(C(C)C)o1)N(CC(=O)N(C)C)C2. The summed E-state index contributed by atoms with van der Waals surface area (Å²) in [5.41, 5.74) is 2.35. The minimum atomic E-state index is -0.00647. The van der Waals surface area contributed by atoms with Gasteiger partial charge < -0.3 is 13.8 Å². The molecule has 9 nitrogen and oxygen atoms in total. The second-order valence-corrected chi connectivity index (χ2v) is 10.1. The highest BCUT2D eigenvalue weighted by Crippen LogP contribution is 2.49. The molecule has 1 unspecified atom stereocenters. The van der Waals surface area contributed by atoms with Crippen molar-refractivity contribution in [2.75, 3.05) is 40.3 Å². The maximum atomic E-state index is 12.5. The number of rotatable bonds is 6. The standard InChI is InChI=1S/C23H36N6O3/c1-15(2)21-24-25-22(31-21)19-11-23(14-29(19)13-20(30)27(5)6)7-9-28(10-8-23)12-18-16(3)26-32-17(18)4/h15,19H,7-14H2,1-6H3. The van der Waals surface area contributed by atoms with E-state index in [1.54, 1.807) is 19.0 Å². The van der Waals surface area contributed by atoms with Crippen molar-refractivity contribution in [1.82, 2.24) is 30.1 Å². The van der Waals surface area contributed by atoms with Gasteiger partial charge in [0, 0.05) is 38.7 Å². The molecule has 2 aliphatic rings. The first-order valence-electron chi connectivity index (χ1n) is 11.6. The number of aromatic nitrogens is 3. The van der Waals surface area contributed by atoms with Gasteiger partial charge in [-0.25, -0.2) is 0 Å². The Morgan fingerprint density at radius 2 is 1.94 bits per heavy atom. The van der Waals surface area contributed by atoms with Gasteiger partial charge in [0.25, 0.3) is 0 Å². The van der Waals surface area contributed by atoms with Crippen molar-refractivity contribution in [2.24, 2.45) is 5.41 Å². The number of hydrogen-bond acceptors (Lipinski definition) is 8. The lowest BCUT2D eigenvalue weighted by Crippen LogP contribution is -2.42. The van der Waals surface area contributed by atoms with E-state index in [0.29, 0.717) is 18.3 Å². The fraction of sp³-hybridized carbons (Fsp3) is 0.739. The monoisotopic (exact) mass is 444 g/mol. The molecule has 32 heavy (non-hydrogen) atoms. The van der Waals surface area contributed by atoms with E-state index in [4.69, 9.17) is 8.94 Å². The fourth-order valence-corrected chi connectivity index (χ4v) is 4.98. The van der Waals surface area contributed by atoms with E-state index in [1.807, 2.05) is 13.8 Å². The van der Waals surface area contributed by atoms with E-state index in [1.165, 1.54) is 5.56 Å². The number of carbonyl (C=O) groups excluding carboxylic acids is 1. The lowest BCUT2D eigenvalue weighted by molar-refractivity contribution is -0.130. The van der Waals surface area contributed by atoms with Crippen LogP contribution in [-0.2, 0) is 11.3 Å². The van der Waals surface area contributed by atoms with E-state index in [0.717, 1.165) is 56.9 Å². The van der Waals surface area contributed by atoms with Crippen molar-refractivity contribution < 1.29 is 13.7 Å². The van der Waals surface area contributed by atoms with Gasteiger partial charge in [0.1, 0.15) is 5.76 Å². The smallest absolute Gasteiger partial charge is 0.236 e. The molecule has 2 saturated heterocycles. The molecule has 0 aromatic carbocycles. The predicted octanol–water partition coefficient (Wildman–Crippen LogP) is 2.92. The average Bonchev–Trinajstić information content (AvgIpc) is 3.44. The van der Waals surface area contributed by atoms with E-state index in [-0.39, 0.29) is 23.3 Å². The lowest BCUT2D eigenvalue weighted by atomic mass is 9.76. The van der Waals surface area contributed by atoms with E-state index >= 15 is 0 Å². The number of likely N-dealkylation sites (tertiary alicyclic amines) is 2. The van der Waals surface area contributed by atoms with Gasteiger partial charge in [-0.3, -0.25) is 14.6 Å². The van der Waals surface area contributed by atoms with E-state index in [9.17, 15) is 4.79 Å². The summed E-state index contributed by atoms with van der Waals surface area (Å²) in [6.45, 7) is 12.3. The van der Waals surface area contributed by atoms with Crippen molar-refractivity contribution in [2.45, 2.75) is 65.5 Å². The van der Waals surface area contributed by atoms with Crippen LogP contribution in [0.5, 0.6) is 0 Å². The zero-order valence-corrected chi connectivity index (χ0v) is 20.2. The molecule has 0 aliphatic carbocycles. The van der Waals surface area contributed by atoms with Crippen LogP contribution in [0.4, 0.5) is 0 Å². The maximum Gasteiger partial charge on any atom is 0.236 e. The van der Waals surface area contributed by atoms with Gasteiger partial charge in [-0.15, -0.1) is 10.2 Å². The average molecular weight is 445 g/mol. The number of piperidine rings is 1. The number of hydrogen-bond donors (Lipinski definition) is 0. The molecule has 0 N–H and O–H groups in total. The zero-order chi connectivity index (χ0) is 23.0. The third-order valence-corrected chi connectivity index (χ3v) is 7.16. The van der Waals surface area contributed by atoms with Crippen molar-refractivity contribution in [1.29, 1.82) is 0 Å². The molecule has 2 aromatic rings. The number of nitrogens with zero attached hydrogens (tertiary/aromatic N) is 6. The molecule has 2 aliphatic heterocycles. The Labute approximate surface area is 190 Å². The van der Waals surface area contributed by atoms with E-state index in [2.05, 4.69) is 39.0 Å². The van der Waals surface area contributed by atoms with Gasteiger partial charge in [0.2, 0.25) is 17.7 Å². The van der Waals surface area contributed by atoms with Crippen molar-refractivity contribution in [3.8, 4) is 0 Å².